The van der Waals surface area contributed by atoms with Crippen molar-refractivity contribution in [1.82, 2.24) is 0 Å². The fraction of sp³-hybridized carbons (Fsp3) is 0.533. The monoisotopic (exact) mass is 298 g/mol. The number of aliphatic hydroxyl groups is 1. The highest BCUT2D eigenvalue weighted by molar-refractivity contribution is 6.32. The molecule has 1 aromatic carbocycles. The van der Waals surface area contributed by atoms with Crippen LogP contribution in [0.2, 0.25) is 5.02 Å². The lowest BCUT2D eigenvalue weighted by atomic mass is 9.73. The molecule has 1 aliphatic rings. The van der Waals surface area contributed by atoms with E-state index in [9.17, 15) is 15.0 Å². The van der Waals surface area contributed by atoms with Crippen LogP contribution in [0.5, 0.6) is 5.75 Å². The first-order valence-corrected chi connectivity index (χ1v) is 7.14. The van der Waals surface area contributed by atoms with E-state index in [2.05, 4.69) is 0 Å². The number of benzene rings is 1. The number of rotatable bonds is 4. The molecule has 5 heteroatoms. The summed E-state index contributed by atoms with van der Waals surface area (Å²) in [6, 6.07) is 4.88. The smallest absolute Gasteiger partial charge is 0.313 e. The summed E-state index contributed by atoms with van der Waals surface area (Å²) in [5.41, 5.74) is -0.671. The third kappa shape index (κ3) is 2.91. The summed E-state index contributed by atoms with van der Waals surface area (Å²) in [4.78, 5) is 11.6. The van der Waals surface area contributed by atoms with E-state index in [1.807, 2.05) is 0 Å². The molecule has 4 nitrogen and oxygen atoms in total. The second kappa shape index (κ2) is 6.02. The number of hydrogen-bond donors (Lipinski definition) is 2. The van der Waals surface area contributed by atoms with Crippen LogP contribution in [0.25, 0.3) is 0 Å². The quantitative estimate of drug-likeness (QED) is 0.895. The van der Waals surface area contributed by atoms with Gasteiger partial charge in [0.15, 0.2) is 0 Å². The number of methoxy groups -OCH3 is 1. The maximum atomic E-state index is 11.6. The zero-order valence-electron chi connectivity index (χ0n) is 11.4. The number of carboxylic acids is 1. The van der Waals surface area contributed by atoms with Crippen molar-refractivity contribution in [3.8, 4) is 5.75 Å². The fourth-order valence-corrected chi connectivity index (χ4v) is 3.26. The van der Waals surface area contributed by atoms with Crippen LogP contribution in [-0.2, 0) is 4.79 Å². The van der Waals surface area contributed by atoms with Gasteiger partial charge in [-0.15, -0.1) is 0 Å². The summed E-state index contributed by atoms with van der Waals surface area (Å²) in [6.07, 6.45) is 3.76. The molecule has 0 bridgehead atoms. The van der Waals surface area contributed by atoms with E-state index in [0.29, 0.717) is 29.2 Å². The Balaban J connectivity index is 2.38. The maximum absolute atomic E-state index is 11.6. The van der Waals surface area contributed by atoms with Gasteiger partial charge in [0.05, 0.1) is 17.7 Å². The normalized spacial score (nSPS) is 19.4. The number of hydrogen-bond acceptors (Lipinski definition) is 3. The number of halogens is 1. The third-order valence-corrected chi connectivity index (χ3v) is 4.31. The predicted octanol–water partition coefficient (Wildman–Crippen LogP) is 3.21. The zero-order valence-corrected chi connectivity index (χ0v) is 12.2. The molecule has 1 aliphatic carbocycles. The van der Waals surface area contributed by atoms with Crippen molar-refractivity contribution in [2.45, 2.75) is 43.6 Å². The van der Waals surface area contributed by atoms with Crippen molar-refractivity contribution in [2.75, 3.05) is 7.11 Å². The molecule has 0 spiro atoms. The molecule has 2 N–H and O–H groups in total. The molecule has 0 saturated heterocycles. The molecule has 1 aromatic rings. The van der Waals surface area contributed by atoms with Gasteiger partial charge in [0.1, 0.15) is 11.7 Å². The first-order valence-electron chi connectivity index (χ1n) is 6.76. The Morgan fingerprint density at radius 1 is 1.35 bits per heavy atom. The number of carbonyl (C=O) groups is 1. The first kappa shape index (κ1) is 15.1. The van der Waals surface area contributed by atoms with E-state index in [0.717, 1.165) is 19.3 Å². The average Bonchev–Trinajstić information content (AvgIpc) is 2.39. The zero-order chi connectivity index (χ0) is 14.8. The molecule has 1 atom stereocenters. The Hall–Kier alpha value is -1.26. The third-order valence-electron chi connectivity index (χ3n) is 4.01. The van der Waals surface area contributed by atoms with Crippen molar-refractivity contribution in [3.05, 3.63) is 28.8 Å². The Morgan fingerprint density at radius 2 is 2.00 bits per heavy atom. The van der Waals surface area contributed by atoms with Crippen LogP contribution < -0.4 is 4.74 Å². The maximum Gasteiger partial charge on any atom is 0.313 e. The molecule has 1 fully saturated rings. The number of ether oxygens (including phenoxy) is 1. The van der Waals surface area contributed by atoms with Crippen molar-refractivity contribution < 1.29 is 19.7 Å². The molecule has 2 rings (SSSR count). The van der Waals surface area contributed by atoms with Gasteiger partial charge in [-0.3, -0.25) is 4.79 Å². The van der Waals surface area contributed by atoms with Crippen molar-refractivity contribution in [1.29, 1.82) is 0 Å². The minimum atomic E-state index is -1.19. The van der Waals surface area contributed by atoms with Crippen LogP contribution in [0.1, 0.15) is 43.6 Å². The second-order valence-corrected chi connectivity index (χ2v) is 5.74. The van der Waals surface area contributed by atoms with Crippen LogP contribution in [0.4, 0.5) is 0 Å². The highest BCUT2D eigenvalue weighted by Crippen LogP contribution is 2.41. The summed E-state index contributed by atoms with van der Waals surface area (Å²) in [7, 11) is 1.50. The van der Waals surface area contributed by atoms with E-state index in [-0.39, 0.29) is 0 Å². The van der Waals surface area contributed by atoms with Gasteiger partial charge in [0, 0.05) is 0 Å². The van der Waals surface area contributed by atoms with Gasteiger partial charge in [-0.1, -0.05) is 36.9 Å². The second-order valence-electron chi connectivity index (χ2n) is 5.33. The minimum absolute atomic E-state index is 0.357. The van der Waals surface area contributed by atoms with Crippen LogP contribution in [0.3, 0.4) is 0 Å². The lowest BCUT2D eigenvalue weighted by molar-refractivity contribution is -0.147. The van der Waals surface area contributed by atoms with Crippen molar-refractivity contribution >= 4 is 17.6 Å². The molecule has 0 aliphatic heterocycles. The largest absolute Gasteiger partial charge is 0.495 e. The SMILES string of the molecule is COc1ccc(C(C(=O)O)C2(O)CCCCC2)cc1Cl. The predicted molar refractivity (Wildman–Crippen MR) is 76.4 cm³/mol. The van der Waals surface area contributed by atoms with E-state index < -0.39 is 17.5 Å². The summed E-state index contributed by atoms with van der Waals surface area (Å²) >= 11 is 6.06. The van der Waals surface area contributed by atoms with Gasteiger partial charge >= 0.3 is 5.97 Å². The van der Waals surface area contributed by atoms with Crippen LogP contribution >= 0.6 is 11.6 Å². The molecule has 1 unspecified atom stereocenters. The Labute approximate surface area is 123 Å². The number of carboxylic acid groups (broad SMARTS) is 1. The van der Waals surface area contributed by atoms with E-state index in [4.69, 9.17) is 16.3 Å². The van der Waals surface area contributed by atoms with Gasteiger partial charge in [0.2, 0.25) is 0 Å². The Bertz CT molecular complexity index is 495. The summed E-state index contributed by atoms with van der Waals surface area (Å²) in [5.74, 6) is -1.47. The number of aliphatic carboxylic acids is 1. The minimum Gasteiger partial charge on any atom is -0.495 e. The van der Waals surface area contributed by atoms with Gasteiger partial charge in [-0.2, -0.15) is 0 Å². The van der Waals surface area contributed by atoms with Crippen LogP contribution in [0, 0.1) is 0 Å². The highest BCUT2D eigenvalue weighted by Gasteiger charge is 2.43. The van der Waals surface area contributed by atoms with Gasteiger partial charge < -0.3 is 14.9 Å². The molecule has 0 amide bonds. The molecule has 0 aromatic heterocycles. The Morgan fingerprint density at radius 3 is 2.50 bits per heavy atom. The van der Waals surface area contributed by atoms with E-state index >= 15 is 0 Å². The highest BCUT2D eigenvalue weighted by atomic mass is 35.5. The summed E-state index contributed by atoms with van der Waals surface area (Å²) < 4.78 is 5.07. The Kier molecular flexibility index (Phi) is 4.55. The van der Waals surface area contributed by atoms with E-state index in [1.165, 1.54) is 7.11 Å². The van der Waals surface area contributed by atoms with Crippen molar-refractivity contribution in [3.63, 3.8) is 0 Å². The average molecular weight is 299 g/mol. The standard InChI is InChI=1S/C15H19ClO4/c1-20-12-6-5-10(9-11(12)16)13(14(17)18)15(19)7-3-2-4-8-15/h5-6,9,13,19H,2-4,7-8H2,1H3,(H,17,18). The molecule has 1 saturated carbocycles. The van der Waals surface area contributed by atoms with Crippen LogP contribution in [-0.4, -0.2) is 28.9 Å². The summed E-state index contributed by atoms with van der Waals surface area (Å²) in [6.45, 7) is 0. The molecular formula is C15H19ClO4. The summed E-state index contributed by atoms with van der Waals surface area (Å²) in [5, 5.41) is 20.6. The molecule has 110 valence electrons. The molecule has 20 heavy (non-hydrogen) atoms. The lowest BCUT2D eigenvalue weighted by Gasteiger charge is -2.37. The van der Waals surface area contributed by atoms with Gasteiger partial charge in [0.25, 0.3) is 0 Å². The lowest BCUT2D eigenvalue weighted by Crippen LogP contribution is -2.42. The molecule has 0 heterocycles. The topological polar surface area (TPSA) is 66.8 Å². The fourth-order valence-electron chi connectivity index (χ4n) is 3.00. The molecular weight excluding hydrogens is 280 g/mol. The van der Waals surface area contributed by atoms with Crippen LogP contribution in [0.15, 0.2) is 18.2 Å². The van der Waals surface area contributed by atoms with E-state index in [1.54, 1.807) is 18.2 Å². The molecule has 0 radical (unpaired) electrons. The van der Waals surface area contributed by atoms with Gasteiger partial charge in [-0.05, 0) is 30.5 Å². The van der Waals surface area contributed by atoms with Crippen molar-refractivity contribution in [2.24, 2.45) is 0 Å². The first-order chi connectivity index (χ1) is 9.48. The van der Waals surface area contributed by atoms with Gasteiger partial charge in [-0.25, -0.2) is 0 Å².